The van der Waals surface area contributed by atoms with Gasteiger partial charge in [0.1, 0.15) is 5.60 Å². The summed E-state index contributed by atoms with van der Waals surface area (Å²) in [6.07, 6.45) is 2.40. The first kappa shape index (κ1) is 19.8. The molecule has 0 spiro atoms. The van der Waals surface area contributed by atoms with Gasteiger partial charge in [-0.15, -0.1) is 0 Å². The minimum Gasteiger partial charge on any atom is -0.444 e. The van der Waals surface area contributed by atoms with Crippen molar-refractivity contribution in [3.8, 4) is 0 Å². The van der Waals surface area contributed by atoms with Gasteiger partial charge in [-0.25, -0.2) is 4.79 Å². The van der Waals surface area contributed by atoms with Crippen molar-refractivity contribution in [3.63, 3.8) is 0 Å². The number of carbonyl (C=O) groups excluding carboxylic acids is 3. The van der Waals surface area contributed by atoms with Crippen LogP contribution in [-0.2, 0) is 9.53 Å². The molecule has 3 N–H and O–H groups in total. The van der Waals surface area contributed by atoms with E-state index >= 15 is 0 Å². The molecule has 1 aliphatic rings. The zero-order chi connectivity index (χ0) is 19.2. The van der Waals surface area contributed by atoms with Crippen LogP contribution in [0.4, 0.5) is 4.79 Å². The summed E-state index contributed by atoms with van der Waals surface area (Å²) in [4.78, 5) is 36.2. The van der Waals surface area contributed by atoms with Crippen LogP contribution in [0.15, 0.2) is 30.3 Å². The Labute approximate surface area is 153 Å². The molecular formula is C19H27N3O4. The maximum absolute atomic E-state index is 12.3. The van der Waals surface area contributed by atoms with Gasteiger partial charge in [-0.3, -0.25) is 20.4 Å². The van der Waals surface area contributed by atoms with E-state index < -0.39 is 11.7 Å². The normalized spacial score (nSPS) is 20.0. The molecule has 2 atom stereocenters. The maximum atomic E-state index is 12.3. The van der Waals surface area contributed by atoms with Crippen LogP contribution in [0.2, 0.25) is 0 Å². The van der Waals surface area contributed by atoms with E-state index in [2.05, 4.69) is 16.2 Å². The Balaban J connectivity index is 1.80. The zero-order valence-electron chi connectivity index (χ0n) is 15.5. The fraction of sp³-hybridized carbons (Fsp3) is 0.526. The summed E-state index contributed by atoms with van der Waals surface area (Å²) in [6, 6.07) is 8.55. The van der Waals surface area contributed by atoms with Crippen LogP contribution < -0.4 is 16.2 Å². The Morgan fingerprint density at radius 1 is 1.04 bits per heavy atom. The van der Waals surface area contributed by atoms with Gasteiger partial charge < -0.3 is 10.1 Å². The average Bonchev–Trinajstić information content (AvgIpc) is 2.58. The van der Waals surface area contributed by atoms with Gasteiger partial charge in [-0.2, -0.15) is 0 Å². The molecule has 26 heavy (non-hydrogen) atoms. The van der Waals surface area contributed by atoms with Crippen LogP contribution in [-0.4, -0.2) is 29.6 Å². The lowest BCUT2D eigenvalue weighted by Gasteiger charge is -2.30. The van der Waals surface area contributed by atoms with E-state index in [1.807, 2.05) is 6.07 Å². The van der Waals surface area contributed by atoms with Crippen molar-refractivity contribution < 1.29 is 19.1 Å². The first-order chi connectivity index (χ1) is 12.2. The van der Waals surface area contributed by atoms with Crippen LogP contribution in [0.25, 0.3) is 0 Å². The van der Waals surface area contributed by atoms with Crippen molar-refractivity contribution in [3.05, 3.63) is 35.9 Å². The lowest BCUT2D eigenvalue weighted by molar-refractivity contribution is -0.127. The number of alkyl carbamates (subject to hydrolysis) is 1. The van der Waals surface area contributed by atoms with Gasteiger partial charge in [0.05, 0.1) is 0 Å². The number of ether oxygens (including phenoxy) is 1. The molecule has 1 aliphatic carbocycles. The number of hydrazine groups is 1. The summed E-state index contributed by atoms with van der Waals surface area (Å²) >= 11 is 0. The first-order valence-corrected chi connectivity index (χ1v) is 8.89. The third-order valence-corrected chi connectivity index (χ3v) is 4.10. The van der Waals surface area contributed by atoms with E-state index in [1.54, 1.807) is 45.0 Å². The van der Waals surface area contributed by atoms with Crippen molar-refractivity contribution >= 4 is 17.9 Å². The first-order valence-electron chi connectivity index (χ1n) is 8.89. The number of carbonyl (C=O) groups is 3. The molecule has 1 aromatic rings. The second-order valence-corrected chi connectivity index (χ2v) is 7.52. The molecule has 1 unspecified atom stereocenters. The third kappa shape index (κ3) is 6.38. The van der Waals surface area contributed by atoms with Crippen molar-refractivity contribution in [2.75, 3.05) is 0 Å². The Morgan fingerprint density at radius 3 is 2.38 bits per heavy atom. The Bertz CT molecular complexity index is 640. The van der Waals surface area contributed by atoms with Crippen LogP contribution >= 0.6 is 0 Å². The molecule has 0 bridgehead atoms. The molecule has 1 fully saturated rings. The van der Waals surface area contributed by atoms with E-state index in [4.69, 9.17) is 4.74 Å². The number of rotatable bonds is 3. The molecule has 0 aromatic heterocycles. The van der Waals surface area contributed by atoms with Gasteiger partial charge in [0.2, 0.25) is 5.91 Å². The molecule has 7 nitrogen and oxygen atoms in total. The summed E-state index contributed by atoms with van der Waals surface area (Å²) in [5, 5.41) is 2.82. The van der Waals surface area contributed by atoms with Gasteiger partial charge in [0, 0.05) is 17.5 Å². The summed E-state index contributed by atoms with van der Waals surface area (Å²) in [5.74, 6) is -0.872. The minimum atomic E-state index is -0.558. The molecule has 0 saturated heterocycles. The van der Waals surface area contributed by atoms with E-state index in [1.165, 1.54) is 0 Å². The molecule has 0 radical (unpaired) electrons. The minimum absolute atomic E-state index is 0.112. The van der Waals surface area contributed by atoms with Crippen molar-refractivity contribution in [2.24, 2.45) is 5.92 Å². The van der Waals surface area contributed by atoms with E-state index in [0.717, 1.165) is 19.3 Å². The lowest BCUT2D eigenvalue weighted by atomic mass is 9.85. The van der Waals surface area contributed by atoms with Gasteiger partial charge in [-0.1, -0.05) is 24.6 Å². The maximum Gasteiger partial charge on any atom is 0.407 e. The quantitative estimate of drug-likeness (QED) is 0.721. The highest BCUT2D eigenvalue weighted by atomic mass is 16.6. The van der Waals surface area contributed by atoms with Crippen molar-refractivity contribution in [2.45, 2.75) is 58.1 Å². The largest absolute Gasteiger partial charge is 0.444 e. The summed E-state index contributed by atoms with van der Waals surface area (Å²) in [6.45, 7) is 5.41. The SMILES string of the molecule is CC(C)(C)OC(=O)NC1CCC[C@H](C(=O)NNC(=O)c2ccccc2)C1. The molecule has 3 amide bonds. The highest BCUT2D eigenvalue weighted by Gasteiger charge is 2.29. The van der Waals surface area contributed by atoms with Crippen molar-refractivity contribution in [1.29, 1.82) is 0 Å². The van der Waals surface area contributed by atoms with Gasteiger partial charge in [0.25, 0.3) is 5.91 Å². The third-order valence-electron chi connectivity index (χ3n) is 4.10. The predicted octanol–water partition coefficient (Wildman–Crippen LogP) is 2.53. The fourth-order valence-corrected chi connectivity index (χ4v) is 2.92. The van der Waals surface area contributed by atoms with Gasteiger partial charge in [-0.05, 0) is 52.2 Å². The zero-order valence-corrected chi connectivity index (χ0v) is 15.5. The molecule has 0 aliphatic heterocycles. The number of hydrogen-bond donors (Lipinski definition) is 3. The number of nitrogens with one attached hydrogen (secondary N) is 3. The summed E-state index contributed by atoms with van der Waals surface area (Å²) < 4.78 is 5.26. The Kier molecular flexibility index (Phi) is 6.60. The second-order valence-electron chi connectivity index (χ2n) is 7.52. The highest BCUT2D eigenvalue weighted by Crippen LogP contribution is 2.24. The van der Waals surface area contributed by atoms with Crippen LogP contribution in [0.1, 0.15) is 56.8 Å². The van der Waals surface area contributed by atoms with E-state index in [-0.39, 0.29) is 23.8 Å². The molecule has 0 heterocycles. The second kappa shape index (κ2) is 8.69. The number of benzene rings is 1. The smallest absolute Gasteiger partial charge is 0.407 e. The van der Waals surface area contributed by atoms with E-state index in [0.29, 0.717) is 12.0 Å². The molecular weight excluding hydrogens is 334 g/mol. The van der Waals surface area contributed by atoms with Gasteiger partial charge >= 0.3 is 6.09 Å². The number of amides is 3. The molecule has 1 saturated carbocycles. The fourth-order valence-electron chi connectivity index (χ4n) is 2.92. The summed E-state index contributed by atoms with van der Waals surface area (Å²) in [7, 11) is 0. The molecule has 7 heteroatoms. The molecule has 2 rings (SSSR count). The van der Waals surface area contributed by atoms with Crippen LogP contribution in [0.3, 0.4) is 0 Å². The van der Waals surface area contributed by atoms with E-state index in [9.17, 15) is 14.4 Å². The van der Waals surface area contributed by atoms with Crippen LogP contribution in [0, 0.1) is 5.92 Å². The van der Waals surface area contributed by atoms with Crippen molar-refractivity contribution in [1.82, 2.24) is 16.2 Å². The average molecular weight is 361 g/mol. The Morgan fingerprint density at radius 2 is 1.73 bits per heavy atom. The monoisotopic (exact) mass is 361 g/mol. The topological polar surface area (TPSA) is 96.5 Å². The Hall–Kier alpha value is -2.57. The highest BCUT2D eigenvalue weighted by molar-refractivity contribution is 5.95. The standard InChI is InChI=1S/C19H27N3O4/c1-19(2,3)26-18(25)20-15-11-7-10-14(12-15)17(24)22-21-16(23)13-8-5-4-6-9-13/h4-6,8-9,14-15H,7,10-12H2,1-3H3,(H,20,25)(H,21,23)(H,22,24)/t14-,15?/m0/s1. The van der Waals surface area contributed by atoms with Gasteiger partial charge in [0.15, 0.2) is 0 Å². The summed E-state index contributed by atoms with van der Waals surface area (Å²) in [5.41, 5.74) is 4.83. The molecule has 1 aromatic carbocycles. The predicted molar refractivity (Wildman–Crippen MR) is 97.2 cm³/mol. The number of hydrogen-bond acceptors (Lipinski definition) is 4. The lowest BCUT2D eigenvalue weighted by Crippen LogP contribution is -2.48. The molecule has 142 valence electrons. The van der Waals surface area contributed by atoms with Crippen LogP contribution in [0.5, 0.6) is 0 Å².